The van der Waals surface area contributed by atoms with Gasteiger partial charge in [0.1, 0.15) is 5.82 Å². The van der Waals surface area contributed by atoms with Gasteiger partial charge in [0.2, 0.25) is 5.91 Å². The Morgan fingerprint density at radius 2 is 2.27 bits per heavy atom. The van der Waals surface area contributed by atoms with Gasteiger partial charge in [0.25, 0.3) is 0 Å². The Morgan fingerprint density at radius 3 is 3.05 bits per heavy atom. The molecule has 0 saturated heterocycles. The van der Waals surface area contributed by atoms with Crippen molar-refractivity contribution in [2.75, 3.05) is 18.9 Å². The SMILES string of the molecule is CNCCCC(=O)Nc1cccc(-c2n[nH]c(C3CC3)n2)c1. The molecule has 2 aromatic rings. The van der Waals surface area contributed by atoms with Crippen molar-refractivity contribution in [1.29, 1.82) is 0 Å². The molecule has 0 bridgehead atoms. The van der Waals surface area contributed by atoms with E-state index in [1.807, 2.05) is 31.3 Å². The summed E-state index contributed by atoms with van der Waals surface area (Å²) in [6, 6.07) is 7.66. The minimum Gasteiger partial charge on any atom is -0.326 e. The number of benzene rings is 1. The van der Waals surface area contributed by atoms with E-state index in [1.165, 1.54) is 12.8 Å². The largest absolute Gasteiger partial charge is 0.326 e. The molecule has 1 aromatic carbocycles. The molecule has 6 nitrogen and oxygen atoms in total. The van der Waals surface area contributed by atoms with Crippen molar-refractivity contribution >= 4 is 11.6 Å². The predicted octanol–water partition coefficient (Wildman–Crippen LogP) is 2.29. The number of nitrogens with one attached hydrogen (secondary N) is 3. The average Bonchev–Trinajstić information content (AvgIpc) is 3.25. The van der Waals surface area contributed by atoms with Gasteiger partial charge in [0, 0.05) is 23.6 Å². The van der Waals surface area contributed by atoms with E-state index in [4.69, 9.17) is 0 Å². The normalized spacial score (nSPS) is 14.0. The quantitative estimate of drug-likeness (QED) is 0.685. The van der Waals surface area contributed by atoms with Crippen LogP contribution in [-0.2, 0) is 4.79 Å². The van der Waals surface area contributed by atoms with Crippen molar-refractivity contribution in [2.45, 2.75) is 31.6 Å². The van der Waals surface area contributed by atoms with Crippen molar-refractivity contribution in [1.82, 2.24) is 20.5 Å². The molecule has 3 N–H and O–H groups in total. The Labute approximate surface area is 129 Å². The summed E-state index contributed by atoms with van der Waals surface area (Å²) < 4.78 is 0. The maximum atomic E-state index is 11.9. The molecule has 1 heterocycles. The highest BCUT2D eigenvalue weighted by Crippen LogP contribution is 2.38. The molecule has 0 atom stereocenters. The summed E-state index contributed by atoms with van der Waals surface area (Å²) in [5.74, 6) is 2.24. The van der Waals surface area contributed by atoms with Crippen LogP contribution in [0, 0.1) is 0 Å². The van der Waals surface area contributed by atoms with Crippen LogP contribution in [0.5, 0.6) is 0 Å². The lowest BCUT2D eigenvalue weighted by Gasteiger charge is -2.06. The highest BCUT2D eigenvalue weighted by atomic mass is 16.1. The summed E-state index contributed by atoms with van der Waals surface area (Å²) in [5.41, 5.74) is 1.70. The maximum absolute atomic E-state index is 11.9. The molecule has 22 heavy (non-hydrogen) atoms. The molecule has 0 unspecified atom stereocenters. The summed E-state index contributed by atoms with van der Waals surface area (Å²) in [5, 5.41) is 13.2. The van der Waals surface area contributed by atoms with Gasteiger partial charge in [-0.15, -0.1) is 0 Å². The van der Waals surface area contributed by atoms with E-state index in [0.29, 0.717) is 18.2 Å². The van der Waals surface area contributed by atoms with Crippen LogP contribution in [0.3, 0.4) is 0 Å². The molecule has 0 aliphatic heterocycles. The number of amides is 1. The van der Waals surface area contributed by atoms with Gasteiger partial charge in [-0.25, -0.2) is 4.98 Å². The number of carbonyl (C=O) groups excluding carboxylic acids is 1. The number of anilines is 1. The van der Waals surface area contributed by atoms with E-state index < -0.39 is 0 Å². The number of aromatic amines is 1. The van der Waals surface area contributed by atoms with E-state index in [2.05, 4.69) is 25.8 Å². The number of rotatable bonds is 7. The molecule has 116 valence electrons. The summed E-state index contributed by atoms with van der Waals surface area (Å²) in [4.78, 5) is 16.4. The van der Waals surface area contributed by atoms with Crippen molar-refractivity contribution in [3.8, 4) is 11.4 Å². The summed E-state index contributed by atoms with van der Waals surface area (Å²) in [6.07, 6.45) is 3.72. The summed E-state index contributed by atoms with van der Waals surface area (Å²) in [6.45, 7) is 0.842. The molecule has 0 spiro atoms. The van der Waals surface area contributed by atoms with Crippen LogP contribution in [0.25, 0.3) is 11.4 Å². The highest BCUT2D eigenvalue weighted by Gasteiger charge is 2.27. The first-order valence-corrected chi connectivity index (χ1v) is 7.73. The Kier molecular flexibility index (Phi) is 4.48. The van der Waals surface area contributed by atoms with Crippen molar-refractivity contribution in [3.63, 3.8) is 0 Å². The van der Waals surface area contributed by atoms with Gasteiger partial charge in [0.05, 0.1) is 0 Å². The average molecular weight is 299 g/mol. The lowest BCUT2D eigenvalue weighted by molar-refractivity contribution is -0.116. The van der Waals surface area contributed by atoms with Crippen LogP contribution in [0.15, 0.2) is 24.3 Å². The number of H-pyrrole nitrogens is 1. The van der Waals surface area contributed by atoms with Gasteiger partial charge in [0.15, 0.2) is 5.82 Å². The van der Waals surface area contributed by atoms with Gasteiger partial charge in [-0.3, -0.25) is 9.89 Å². The van der Waals surface area contributed by atoms with Gasteiger partial charge in [-0.2, -0.15) is 5.10 Å². The van der Waals surface area contributed by atoms with Gasteiger partial charge < -0.3 is 10.6 Å². The zero-order chi connectivity index (χ0) is 15.4. The molecule has 1 aliphatic rings. The second-order valence-corrected chi connectivity index (χ2v) is 5.65. The molecule has 1 fully saturated rings. The smallest absolute Gasteiger partial charge is 0.224 e. The predicted molar refractivity (Wildman–Crippen MR) is 85.6 cm³/mol. The van der Waals surface area contributed by atoms with Gasteiger partial charge >= 0.3 is 0 Å². The van der Waals surface area contributed by atoms with E-state index in [-0.39, 0.29) is 5.91 Å². The summed E-state index contributed by atoms with van der Waals surface area (Å²) >= 11 is 0. The molecule has 3 rings (SSSR count). The molecular weight excluding hydrogens is 278 g/mol. The Bertz CT molecular complexity index is 647. The van der Waals surface area contributed by atoms with E-state index in [0.717, 1.165) is 30.0 Å². The van der Waals surface area contributed by atoms with Crippen LogP contribution >= 0.6 is 0 Å². The number of aromatic nitrogens is 3. The van der Waals surface area contributed by atoms with Gasteiger partial charge in [-0.05, 0) is 45.0 Å². The van der Waals surface area contributed by atoms with Crippen molar-refractivity contribution < 1.29 is 4.79 Å². The number of carbonyl (C=O) groups is 1. The third kappa shape index (κ3) is 3.71. The fourth-order valence-corrected chi connectivity index (χ4v) is 2.33. The third-order valence-corrected chi connectivity index (χ3v) is 3.70. The molecule has 1 aromatic heterocycles. The van der Waals surface area contributed by atoms with Crippen LogP contribution in [0.4, 0.5) is 5.69 Å². The minimum atomic E-state index is 0.0288. The molecule has 0 radical (unpaired) electrons. The zero-order valence-corrected chi connectivity index (χ0v) is 12.7. The molecule has 6 heteroatoms. The zero-order valence-electron chi connectivity index (χ0n) is 12.7. The fourth-order valence-electron chi connectivity index (χ4n) is 2.33. The van der Waals surface area contributed by atoms with Gasteiger partial charge in [-0.1, -0.05) is 12.1 Å². The molecular formula is C16H21N5O. The number of hydrogen-bond acceptors (Lipinski definition) is 4. The third-order valence-electron chi connectivity index (χ3n) is 3.70. The first kappa shape index (κ1) is 14.7. The lowest BCUT2D eigenvalue weighted by Crippen LogP contribution is -2.15. The standard InChI is InChI=1S/C16H21N5O/c1-17-9-3-6-14(22)18-13-5-2-4-12(10-13)16-19-15(20-21-16)11-7-8-11/h2,4-5,10-11,17H,3,6-9H2,1H3,(H,18,22)(H,19,20,21). The monoisotopic (exact) mass is 299 g/mol. The maximum Gasteiger partial charge on any atom is 0.224 e. The van der Waals surface area contributed by atoms with Crippen molar-refractivity contribution in [2.24, 2.45) is 0 Å². The topological polar surface area (TPSA) is 82.7 Å². The highest BCUT2D eigenvalue weighted by molar-refractivity contribution is 5.91. The molecule has 1 saturated carbocycles. The Balaban J connectivity index is 1.65. The van der Waals surface area contributed by atoms with E-state index in [1.54, 1.807) is 0 Å². The first-order valence-electron chi connectivity index (χ1n) is 7.73. The first-order chi connectivity index (χ1) is 10.8. The van der Waals surface area contributed by atoms with E-state index in [9.17, 15) is 4.79 Å². The van der Waals surface area contributed by atoms with Crippen LogP contribution in [0.1, 0.15) is 37.4 Å². The number of nitrogens with zero attached hydrogens (tertiary/aromatic N) is 2. The second kappa shape index (κ2) is 6.70. The second-order valence-electron chi connectivity index (χ2n) is 5.65. The van der Waals surface area contributed by atoms with Crippen molar-refractivity contribution in [3.05, 3.63) is 30.1 Å². The van der Waals surface area contributed by atoms with Crippen LogP contribution < -0.4 is 10.6 Å². The van der Waals surface area contributed by atoms with Crippen LogP contribution in [-0.4, -0.2) is 34.7 Å². The number of hydrogen-bond donors (Lipinski definition) is 3. The molecule has 1 aliphatic carbocycles. The Hall–Kier alpha value is -2.21. The summed E-state index contributed by atoms with van der Waals surface area (Å²) in [7, 11) is 1.88. The fraction of sp³-hybridized carbons (Fsp3) is 0.438. The lowest BCUT2D eigenvalue weighted by atomic mass is 10.2. The Morgan fingerprint density at radius 1 is 1.41 bits per heavy atom. The van der Waals surface area contributed by atoms with Crippen LogP contribution in [0.2, 0.25) is 0 Å². The van der Waals surface area contributed by atoms with E-state index >= 15 is 0 Å². The molecule has 1 amide bonds. The minimum absolute atomic E-state index is 0.0288.